The molecule has 0 aromatic heterocycles. The summed E-state index contributed by atoms with van der Waals surface area (Å²) in [5.41, 5.74) is 1.12. The first-order valence-corrected chi connectivity index (χ1v) is 7.00. The molecule has 1 aromatic rings. The fraction of sp³-hybridized carbons (Fsp3) is 0.625. The number of hydrogen-bond donors (Lipinski definition) is 1. The zero-order valence-corrected chi connectivity index (χ0v) is 11.4. The van der Waals surface area contributed by atoms with Crippen molar-refractivity contribution in [3.8, 4) is 5.75 Å². The van der Waals surface area contributed by atoms with Crippen molar-refractivity contribution in [3.63, 3.8) is 0 Å². The second-order valence-electron chi connectivity index (χ2n) is 5.60. The number of methoxy groups -OCH3 is 1. The van der Waals surface area contributed by atoms with Gasteiger partial charge in [-0.05, 0) is 36.3 Å². The lowest BCUT2D eigenvalue weighted by Gasteiger charge is -2.30. The van der Waals surface area contributed by atoms with E-state index in [1.807, 2.05) is 24.3 Å². The topological polar surface area (TPSA) is 29.5 Å². The summed E-state index contributed by atoms with van der Waals surface area (Å²) in [5.74, 6) is 2.19. The van der Waals surface area contributed by atoms with Gasteiger partial charge >= 0.3 is 0 Å². The van der Waals surface area contributed by atoms with E-state index in [0.717, 1.165) is 30.1 Å². The summed E-state index contributed by atoms with van der Waals surface area (Å²) in [7, 11) is 1.69. The fourth-order valence-corrected chi connectivity index (χ4v) is 2.93. The minimum Gasteiger partial charge on any atom is -0.496 e. The molecular formula is C16H24O2. The first kappa shape index (κ1) is 13.4. The molecule has 0 heterocycles. The normalized spacial score (nSPS) is 25.7. The average molecular weight is 248 g/mol. The van der Waals surface area contributed by atoms with Crippen LogP contribution >= 0.6 is 0 Å². The minimum atomic E-state index is -0.228. The third-order valence-electron chi connectivity index (χ3n) is 4.23. The predicted octanol–water partition coefficient (Wildman–Crippen LogP) is 3.42. The Labute approximate surface area is 110 Å². The van der Waals surface area contributed by atoms with Crippen molar-refractivity contribution >= 4 is 0 Å². The molecule has 2 heteroatoms. The molecule has 1 N–H and O–H groups in total. The SMILES string of the molecule is COc1ccccc1CC(O)C1CCC(C)CC1. The molecule has 1 aliphatic carbocycles. The zero-order chi connectivity index (χ0) is 13.0. The molecule has 2 rings (SSSR count). The molecule has 1 atom stereocenters. The van der Waals surface area contributed by atoms with E-state index in [0.29, 0.717) is 12.3 Å². The Kier molecular flexibility index (Phi) is 4.65. The van der Waals surface area contributed by atoms with Gasteiger partial charge in [-0.1, -0.05) is 38.0 Å². The molecule has 1 aliphatic rings. The second kappa shape index (κ2) is 6.24. The summed E-state index contributed by atoms with van der Waals surface area (Å²) in [6.45, 7) is 2.31. The number of rotatable bonds is 4. The van der Waals surface area contributed by atoms with Gasteiger partial charge in [0, 0.05) is 6.42 Å². The Balaban J connectivity index is 1.96. The molecule has 1 saturated carbocycles. The Morgan fingerprint density at radius 1 is 1.22 bits per heavy atom. The van der Waals surface area contributed by atoms with Crippen LogP contribution in [0.4, 0.5) is 0 Å². The van der Waals surface area contributed by atoms with E-state index in [9.17, 15) is 5.11 Å². The maximum absolute atomic E-state index is 10.4. The predicted molar refractivity (Wildman–Crippen MR) is 73.8 cm³/mol. The van der Waals surface area contributed by atoms with Gasteiger partial charge < -0.3 is 9.84 Å². The van der Waals surface area contributed by atoms with Gasteiger partial charge in [-0.3, -0.25) is 0 Å². The summed E-state index contributed by atoms with van der Waals surface area (Å²) in [4.78, 5) is 0. The van der Waals surface area contributed by atoms with Crippen LogP contribution in [0.3, 0.4) is 0 Å². The lowest BCUT2D eigenvalue weighted by molar-refractivity contribution is 0.0756. The second-order valence-corrected chi connectivity index (χ2v) is 5.60. The highest BCUT2D eigenvalue weighted by Gasteiger charge is 2.25. The standard InChI is InChI=1S/C16H24O2/c1-12-7-9-13(10-8-12)15(17)11-14-5-3-4-6-16(14)18-2/h3-6,12-13,15,17H,7-11H2,1-2H3. The summed E-state index contributed by atoms with van der Waals surface area (Å²) in [6.07, 6.45) is 5.33. The minimum absolute atomic E-state index is 0.228. The zero-order valence-electron chi connectivity index (χ0n) is 11.4. The van der Waals surface area contributed by atoms with Crippen molar-refractivity contribution in [2.24, 2.45) is 11.8 Å². The highest BCUT2D eigenvalue weighted by Crippen LogP contribution is 2.32. The molecule has 0 radical (unpaired) electrons. The van der Waals surface area contributed by atoms with Crippen LogP contribution in [0.25, 0.3) is 0 Å². The van der Waals surface area contributed by atoms with Gasteiger partial charge in [0.2, 0.25) is 0 Å². The van der Waals surface area contributed by atoms with Crippen LogP contribution in [0.2, 0.25) is 0 Å². The summed E-state index contributed by atoms with van der Waals surface area (Å²) < 4.78 is 5.34. The van der Waals surface area contributed by atoms with Gasteiger partial charge in [0.15, 0.2) is 0 Å². The Morgan fingerprint density at radius 3 is 2.56 bits per heavy atom. The van der Waals surface area contributed by atoms with Gasteiger partial charge in [0.05, 0.1) is 13.2 Å². The van der Waals surface area contributed by atoms with Crippen molar-refractivity contribution in [1.82, 2.24) is 0 Å². The van der Waals surface area contributed by atoms with E-state index >= 15 is 0 Å². The number of ether oxygens (including phenoxy) is 1. The smallest absolute Gasteiger partial charge is 0.122 e. The van der Waals surface area contributed by atoms with E-state index < -0.39 is 0 Å². The van der Waals surface area contributed by atoms with Crippen molar-refractivity contribution in [3.05, 3.63) is 29.8 Å². The van der Waals surface area contributed by atoms with E-state index in [4.69, 9.17) is 4.74 Å². The van der Waals surface area contributed by atoms with Gasteiger partial charge in [-0.2, -0.15) is 0 Å². The van der Waals surface area contributed by atoms with Crippen LogP contribution in [0.1, 0.15) is 38.2 Å². The number of aliphatic hydroxyl groups is 1. The molecule has 0 bridgehead atoms. The van der Waals surface area contributed by atoms with Crippen molar-refractivity contribution in [2.45, 2.75) is 45.1 Å². The molecular weight excluding hydrogens is 224 g/mol. The summed E-state index contributed by atoms with van der Waals surface area (Å²) in [6, 6.07) is 7.99. The monoisotopic (exact) mass is 248 g/mol. The first-order chi connectivity index (χ1) is 8.70. The van der Waals surface area contributed by atoms with Gasteiger partial charge in [-0.15, -0.1) is 0 Å². The Bertz CT molecular complexity index is 367. The molecule has 100 valence electrons. The van der Waals surface area contributed by atoms with E-state index in [1.54, 1.807) is 7.11 Å². The number of benzene rings is 1. The molecule has 0 aliphatic heterocycles. The van der Waals surface area contributed by atoms with Crippen LogP contribution in [0, 0.1) is 11.8 Å². The third-order valence-corrected chi connectivity index (χ3v) is 4.23. The lowest BCUT2D eigenvalue weighted by Crippen LogP contribution is -2.27. The van der Waals surface area contributed by atoms with Gasteiger partial charge in [-0.25, -0.2) is 0 Å². The van der Waals surface area contributed by atoms with Crippen LogP contribution in [-0.2, 0) is 6.42 Å². The lowest BCUT2D eigenvalue weighted by atomic mass is 9.79. The number of para-hydroxylation sites is 1. The van der Waals surface area contributed by atoms with Crippen LogP contribution in [0.5, 0.6) is 5.75 Å². The number of aliphatic hydroxyl groups excluding tert-OH is 1. The third kappa shape index (κ3) is 3.26. The molecule has 1 unspecified atom stereocenters. The number of hydrogen-bond acceptors (Lipinski definition) is 2. The molecule has 18 heavy (non-hydrogen) atoms. The quantitative estimate of drug-likeness (QED) is 0.884. The Morgan fingerprint density at radius 2 is 1.89 bits per heavy atom. The van der Waals surface area contributed by atoms with Crippen molar-refractivity contribution < 1.29 is 9.84 Å². The van der Waals surface area contributed by atoms with E-state index in [-0.39, 0.29) is 6.10 Å². The van der Waals surface area contributed by atoms with E-state index in [2.05, 4.69) is 6.92 Å². The van der Waals surface area contributed by atoms with Crippen molar-refractivity contribution in [2.75, 3.05) is 7.11 Å². The van der Waals surface area contributed by atoms with Crippen LogP contribution < -0.4 is 4.74 Å². The highest BCUT2D eigenvalue weighted by atomic mass is 16.5. The molecule has 2 nitrogen and oxygen atoms in total. The summed E-state index contributed by atoms with van der Waals surface area (Å²) >= 11 is 0. The van der Waals surface area contributed by atoms with Crippen LogP contribution in [0.15, 0.2) is 24.3 Å². The van der Waals surface area contributed by atoms with E-state index in [1.165, 1.54) is 12.8 Å². The molecule has 1 fully saturated rings. The maximum Gasteiger partial charge on any atom is 0.122 e. The maximum atomic E-state index is 10.4. The van der Waals surface area contributed by atoms with Crippen LogP contribution in [-0.4, -0.2) is 18.3 Å². The average Bonchev–Trinajstić information content (AvgIpc) is 2.40. The molecule has 1 aromatic carbocycles. The molecule has 0 amide bonds. The summed E-state index contributed by atoms with van der Waals surface area (Å²) in [5, 5.41) is 10.4. The Hall–Kier alpha value is -1.02. The fourth-order valence-electron chi connectivity index (χ4n) is 2.93. The first-order valence-electron chi connectivity index (χ1n) is 7.00. The van der Waals surface area contributed by atoms with Crippen molar-refractivity contribution in [1.29, 1.82) is 0 Å². The molecule has 0 saturated heterocycles. The molecule has 0 spiro atoms. The largest absolute Gasteiger partial charge is 0.496 e. The highest BCUT2D eigenvalue weighted by molar-refractivity contribution is 5.33. The van der Waals surface area contributed by atoms with Gasteiger partial charge in [0.25, 0.3) is 0 Å². The van der Waals surface area contributed by atoms with Gasteiger partial charge in [0.1, 0.15) is 5.75 Å².